The van der Waals surface area contributed by atoms with E-state index in [1.165, 1.54) is 5.56 Å². The van der Waals surface area contributed by atoms with Crippen LogP contribution in [-0.2, 0) is 4.79 Å². The van der Waals surface area contributed by atoms with Crippen LogP contribution in [0.2, 0.25) is 0 Å². The molecule has 0 spiro atoms. The summed E-state index contributed by atoms with van der Waals surface area (Å²) < 4.78 is 0. The fraction of sp³-hybridized carbons (Fsp3) is 0.250. The number of ketones is 1. The monoisotopic (exact) mass is 174 g/mol. The van der Waals surface area contributed by atoms with Crippen LogP contribution in [0.5, 0.6) is 0 Å². The van der Waals surface area contributed by atoms with Gasteiger partial charge >= 0.3 is 0 Å². The maximum atomic E-state index is 11.0. The molecule has 1 rings (SSSR count). The van der Waals surface area contributed by atoms with E-state index >= 15 is 0 Å². The lowest BCUT2D eigenvalue weighted by Gasteiger charge is -1.93. The fourth-order valence-corrected chi connectivity index (χ4v) is 0.985. The van der Waals surface area contributed by atoms with Crippen molar-refractivity contribution >= 4 is 11.9 Å². The second-order valence-corrected chi connectivity index (χ2v) is 3.06. The van der Waals surface area contributed by atoms with Crippen molar-refractivity contribution in [3.63, 3.8) is 0 Å². The lowest BCUT2D eigenvalue weighted by molar-refractivity contribution is -0.114. The number of rotatable bonds is 3. The Morgan fingerprint density at radius 3 is 2.46 bits per heavy atom. The molecule has 0 unspecified atom stereocenters. The molecule has 0 atom stereocenters. The van der Waals surface area contributed by atoms with Gasteiger partial charge in [0, 0.05) is 6.42 Å². The predicted molar refractivity (Wildman–Crippen MR) is 55.5 cm³/mol. The van der Waals surface area contributed by atoms with Gasteiger partial charge in [0.1, 0.15) is 0 Å². The Morgan fingerprint density at radius 2 is 1.92 bits per heavy atom. The van der Waals surface area contributed by atoms with E-state index in [-0.39, 0.29) is 5.78 Å². The van der Waals surface area contributed by atoms with E-state index in [0.717, 1.165) is 5.56 Å². The summed E-state index contributed by atoms with van der Waals surface area (Å²) in [5, 5.41) is 0. The molecule has 0 aliphatic heterocycles. The minimum absolute atomic E-state index is 0.167. The highest BCUT2D eigenvalue weighted by molar-refractivity contribution is 5.93. The predicted octanol–water partition coefficient (Wildman–Crippen LogP) is 2.99. The fourth-order valence-electron chi connectivity index (χ4n) is 0.985. The molecule has 0 radical (unpaired) electrons. The van der Waals surface area contributed by atoms with Crippen LogP contribution >= 0.6 is 0 Å². The van der Waals surface area contributed by atoms with E-state index in [4.69, 9.17) is 0 Å². The molecule has 0 aliphatic carbocycles. The average molecular weight is 174 g/mol. The van der Waals surface area contributed by atoms with Crippen LogP contribution in [0.1, 0.15) is 24.5 Å². The van der Waals surface area contributed by atoms with Crippen LogP contribution in [-0.4, -0.2) is 5.78 Å². The van der Waals surface area contributed by atoms with Gasteiger partial charge in [-0.1, -0.05) is 42.8 Å². The zero-order chi connectivity index (χ0) is 9.68. The van der Waals surface area contributed by atoms with Gasteiger partial charge in [0.25, 0.3) is 0 Å². The molecule has 0 heterocycles. The van der Waals surface area contributed by atoms with Crippen LogP contribution in [0, 0.1) is 6.92 Å². The number of allylic oxidation sites excluding steroid dienone is 1. The molecule has 0 aromatic heterocycles. The summed E-state index contributed by atoms with van der Waals surface area (Å²) in [4.78, 5) is 11.0. The second kappa shape index (κ2) is 4.61. The Labute approximate surface area is 79.1 Å². The topological polar surface area (TPSA) is 17.1 Å². The maximum absolute atomic E-state index is 11.0. The third kappa shape index (κ3) is 3.24. The van der Waals surface area contributed by atoms with E-state index in [0.29, 0.717) is 6.42 Å². The first kappa shape index (κ1) is 9.72. The van der Waals surface area contributed by atoms with Gasteiger partial charge in [-0.2, -0.15) is 0 Å². The van der Waals surface area contributed by atoms with Crippen molar-refractivity contribution < 1.29 is 4.79 Å². The van der Waals surface area contributed by atoms with Gasteiger partial charge in [-0.15, -0.1) is 0 Å². The van der Waals surface area contributed by atoms with Gasteiger partial charge in [0.2, 0.25) is 0 Å². The van der Waals surface area contributed by atoms with E-state index in [1.54, 1.807) is 6.08 Å². The van der Waals surface area contributed by atoms with Crippen LogP contribution in [0.15, 0.2) is 30.3 Å². The van der Waals surface area contributed by atoms with Crippen LogP contribution < -0.4 is 0 Å². The Kier molecular flexibility index (Phi) is 3.44. The van der Waals surface area contributed by atoms with E-state index in [9.17, 15) is 4.79 Å². The SMILES string of the molecule is CCC(=O)/C=C\c1ccc(C)cc1. The lowest BCUT2D eigenvalue weighted by atomic mass is 10.1. The van der Waals surface area contributed by atoms with Gasteiger partial charge < -0.3 is 0 Å². The third-order valence-electron chi connectivity index (χ3n) is 1.89. The summed E-state index contributed by atoms with van der Waals surface area (Å²) in [6.07, 6.45) is 4.05. The molecule has 0 aliphatic rings. The van der Waals surface area contributed by atoms with Gasteiger partial charge in [0.05, 0.1) is 0 Å². The lowest BCUT2D eigenvalue weighted by Crippen LogP contribution is -1.86. The van der Waals surface area contributed by atoms with Gasteiger partial charge in [-0.3, -0.25) is 4.79 Å². The largest absolute Gasteiger partial charge is 0.295 e. The molecule has 13 heavy (non-hydrogen) atoms. The minimum atomic E-state index is 0.167. The van der Waals surface area contributed by atoms with E-state index < -0.39 is 0 Å². The third-order valence-corrected chi connectivity index (χ3v) is 1.89. The smallest absolute Gasteiger partial charge is 0.155 e. The highest BCUT2D eigenvalue weighted by Crippen LogP contribution is 2.05. The standard InChI is InChI=1S/C12H14O/c1-3-12(13)9-8-11-6-4-10(2)5-7-11/h4-9H,3H2,1-2H3/b9-8-. The molecular formula is C12H14O. The number of carbonyl (C=O) groups excluding carboxylic acids is 1. The van der Waals surface area contributed by atoms with Gasteiger partial charge in [-0.25, -0.2) is 0 Å². The Balaban J connectivity index is 2.69. The van der Waals surface area contributed by atoms with Crippen molar-refractivity contribution in [1.29, 1.82) is 0 Å². The molecule has 0 fully saturated rings. The van der Waals surface area contributed by atoms with Crippen molar-refractivity contribution in [2.45, 2.75) is 20.3 Å². The van der Waals surface area contributed by atoms with Crippen LogP contribution in [0.4, 0.5) is 0 Å². The minimum Gasteiger partial charge on any atom is -0.295 e. The van der Waals surface area contributed by atoms with Crippen molar-refractivity contribution in [2.24, 2.45) is 0 Å². The first-order valence-electron chi connectivity index (χ1n) is 4.50. The molecule has 68 valence electrons. The van der Waals surface area contributed by atoms with Crippen molar-refractivity contribution in [2.75, 3.05) is 0 Å². The maximum Gasteiger partial charge on any atom is 0.155 e. The number of hydrogen-bond donors (Lipinski definition) is 0. The number of benzene rings is 1. The molecule has 0 bridgehead atoms. The summed E-state index contributed by atoms with van der Waals surface area (Å²) in [6, 6.07) is 8.09. The molecule has 0 saturated carbocycles. The van der Waals surface area contributed by atoms with Crippen molar-refractivity contribution in [3.05, 3.63) is 41.5 Å². The summed E-state index contributed by atoms with van der Waals surface area (Å²) >= 11 is 0. The first-order chi connectivity index (χ1) is 6.22. The first-order valence-corrected chi connectivity index (χ1v) is 4.50. The zero-order valence-corrected chi connectivity index (χ0v) is 8.08. The summed E-state index contributed by atoms with van der Waals surface area (Å²) in [6.45, 7) is 3.91. The molecule has 0 saturated heterocycles. The highest BCUT2D eigenvalue weighted by atomic mass is 16.1. The second-order valence-electron chi connectivity index (χ2n) is 3.06. The quantitative estimate of drug-likeness (QED) is 0.644. The van der Waals surface area contributed by atoms with E-state index in [1.807, 2.05) is 44.2 Å². The molecule has 1 heteroatoms. The van der Waals surface area contributed by atoms with Crippen molar-refractivity contribution in [3.8, 4) is 0 Å². The number of hydrogen-bond acceptors (Lipinski definition) is 1. The Morgan fingerprint density at radius 1 is 1.31 bits per heavy atom. The number of carbonyl (C=O) groups is 1. The molecule has 1 nitrogen and oxygen atoms in total. The highest BCUT2D eigenvalue weighted by Gasteiger charge is 1.90. The summed E-state index contributed by atoms with van der Waals surface area (Å²) in [7, 11) is 0. The number of aryl methyl sites for hydroxylation is 1. The van der Waals surface area contributed by atoms with Crippen LogP contribution in [0.25, 0.3) is 6.08 Å². The average Bonchev–Trinajstić information content (AvgIpc) is 2.16. The molecule has 0 N–H and O–H groups in total. The normalized spacial score (nSPS) is 10.6. The van der Waals surface area contributed by atoms with Gasteiger partial charge in [-0.05, 0) is 18.6 Å². The summed E-state index contributed by atoms with van der Waals surface area (Å²) in [5.41, 5.74) is 2.31. The molecule has 0 amide bonds. The molecule has 1 aromatic rings. The Bertz CT molecular complexity index is 306. The Hall–Kier alpha value is -1.37. The zero-order valence-electron chi connectivity index (χ0n) is 8.08. The molecular weight excluding hydrogens is 160 g/mol. The van der Waals surface area contributed by atoms with Crippen molar-refractivity contribution in [1.82, 2.24) is 0 Å². The molecule has 1 aromatic carbocycles. The van der Waals surface area contributed by atoms with E-state index in [2.05, 4.69) is 0 Å². The summed E-state index contributed by atoms with van der Waals surface area (Å²) in [5.74, 6) is 0.167. The van der Waals surface area contributed by atoms with Crippen LogP contribution in [0.3, 0.4) is 0 Å². The van der Waals surface area contributed by atoms with Gasteiger partial charge in [0.15, 0.2) is 5.78 Å².